The van der Waals surface area contributed by atoms with Gasteiger partial charge in [-0.05, 0) is 54.1 Å². The molecule has 0 aliphatic rings. The molecule has 0 aliphatic carbocycles. The first kappa shape index (κ1) is 31.4. The second-order valence-corrected chi connectivity index (χ2v) is 12.0. The Morgan fingerprint density at radius 3 is 1.37 bits per heavy atom. The quantitative estimate of drug-likeness (QED) is 0.172. The monoisotopic (exact) mass is 677 g/mol. The van der Waals surface area contributed by atoms with Gasteiger partial charge in [-0.1, -0.05) is 60.7 Å². The Hall–Kier alpha value is -7.84. The average Bonchev–Trinajstić information content (AvgIpc) is 3.67. The van der Waals surface area contributed by atoms with Crippen molar-refractivity contribution in [3.63, 3.8) is 0 Å². The molecule has 0 amide bonds. The van der Waals surface area contributed by atoms with E-state index >= 15 is 13.2 Å². The van der Waals surface area contributed by atoms with E-state index in [0.29, 0.717) is 54.7 Å². The molecule has 242 valence electrons. The Morgan fingerprint density at radius 2 is 0.942 bits per heavy atom. The van der Waals surface area contributed by atoms with Crippen molar-refractivity contribution in [2.24, 2.45) is 0 Å². The van der Waals surface area contributed by atoms with Gasteiger partial charge in [0.1, 0.15) is 0 Å². The molecule has 0 bridgehead atoms. The summed E-state index contributed by atoms with van der Waals surface area (Å²) in [5.41, 5.74) is 3.05. The number of fused-ring (bicyclic) bond motifs is 6. The number of halogens is 3. The molecular formula is C42H18F3N7. The van der Waals surface area contributed by atoms with Crippen LogP contribution in [0.15, 0.2) is 109 Å². The Labute approximate surface area is 294 Å². The lowest BCUT2D eigenvalue weighted by Crippen LogP contribution is -2.11. The highest BCUT2D eigenvalue weighted by Gasteiger charge is 2.34. The van der Waals surface area contributed by atoms with Gasteiger partial charge in [0.05, 0.1) is 60.4 Å². The summed E-state index contributed by atoms with van der Waals surface area (Å²) in [5, 5.41) is 12.5. The molecule has 0 unspecified atom stereocenters. The zero-order chi connectivity index (χ0) is 36.3. The van der Waals surface area contributed by atoms with Crippen molar-refractivity contribution in [3.05, 3.63) is 166 Å². The lowest BCUT2D eigenvalue weighted by molar-refractivity contribution is -0.137. The van der Waals surface area contributed by atoms with E-state index in [0.717, 1.165) is 12.1 Å². The first-order chi connectivity index (χ1) is 25.2. The Morgan fingerprint density at radius 1 is 0.519 bits per heavy atom. The van der Waals surface area contributed by atoms with E-state index < -0.39 is 11.7 Å². The van der Waals surface area contributed by atoms with E-state index in [1.54, 1.807) is 106 Å². The van der Waals surface area contributed by atoms with Gasteiger partial charge >= 0.3 is 6.18 Å². The molecule has 0 aliphatic heterocycles. The molecule has 2 heterocycles. The highest BCUT2D eigenvalue weighted by atomic mass is 19.4. The fourth-order valence-corrected chi connectivity index (χ4v) is 6.95. The molecule has 2 aromatic heterocycles. The summed E-state index contributed by atoms with van der Waals surface area (Å²) in [5.74, 6) is 0. The summed E-state index contributed by atoms with van der Waals surface area (Å²) in [6.07, 6.45) is -4.83. The van der Waals surface area contributed by atoms with Crippen LogP contribution in [0.3, 0.4) is 0 Å². The third-order valence-corrected chi connectivity index (χ3v) is 9.17. The molecule has 6 aromatic carbocycles. The third-order valence-electron chi connectivity index (χ3n) is 9.17. The highest BCUT2D eigenvalue weighted by Crippen LogP contribution is 2.46. The maximum absolute atomic E-state index is 15.2. The predicted octanol–water partition coefficient (Wildman–Crippen LogP) is 12.6. The summed E-state index contributed by atoms with van der Waals surface area (Å²) in [7, 11) is 0. The van der Waals surface area contributed by atoms with Crippen LogP contribution in [-0.2, 0) is 6.18 Å². The van der Waals surface area contributed by atoms with Gasteiger partial charge in [-0.3, -0.25) is 0 Å². The maximum Gasteiger partial charge on any atom is 0.416 e. The van der Waals surface area contributed by atoms with Crippen LogP contribution in [-0.4, -0.2) is 9.13 Å². The lowest BCUT2D eigenvalue weighted by Gasteiger charge is -2.23. The molecule has 0 spiro atoms. The minimum Gasteiger partial charge on any atom is -0.311 e. The van der Waals surface area contributed by atoms with Crippen LogP contribution in [0.2, 0.25) is 0 Å². The first-order valence-electron chi connectivity index (χ1n) is 15.6. The molecule has 0 radical (unpaired) electrons. The first-order valence-corrected chi connectivity index (χ1v) is 15.6. The number of alkyl halides is 3. The average molecular weight is 678 g/mol. The van der Waals surface area contributed by atoms with Crippen molar-refractivity contribution in [1.82, 2.24) is 9.13 Å². The van der Waals surface area contributed by atoms with Crippen molar-refractivity contribution in [1.29, 1.82) is 5.26 Å². The van der Waals surface area contributed by atoms with E-state index in [1.165, 1.54) is 0 Å². The predicted molar refractivity (Wildman–Crippen MR) is 195 cm³/mol. The molecule has 52 heavy (non-hydrogen) atoms. The van der Waals surface area contributed by atoms with Crippen molar-refractivity contribution in [2.45, 2.75) is 6.18 Å². The van der Waals surface area contributed by atoms with Crippen molar-refractivity contribution in [3.8, 4) is 28.6 Å². The molecule has 0 N–H and O–H groups in total. The molecule has 0 saturated heterocycles. The van der Waals surface area contributed by atoms with E-state index in [2.05, 4.69) is 25.4 Å². The normalized spacial score (nSPS) is 11.3. The van der Waals surface area contributed by atoms with E-state index in [-0.39, 0.29) is 39.7 Å². The molecular weight excluding hydrogens is 660 g/mol. The number of hydrogen-bond acceptors (Lipinski definition) is 1. The van der Waals surface area contributed by atoms with Gasteiger partial charge in [-0.25, -0.2) is 19.4 Å². The van der Waals surface area contributed by atoms with Crippen LogP contribution in [0.4, 0.5) is 35.9 Å². The summed E-state index contributed by atoms with van der Waals surface area (Å²) in [6, 6.07) is 30.8. The third kappa shape index (κ3) is 4.79. The van der Waals surface area contributed by atoms with Gasteiger partial charge in [0, 0.05) is 43.7 Å². The summed E-state index contributed by atoms with van der Waals surface area (Å²) >= 11 is 0. The summed E-state index contributed by atoms with van der Waals surface area (Å²) in [6.45, 7) is 31.0. The van der Waals surface area contributed by atoms with Crippen LogP contribution in [0, 0.1) is 37.6 Å². The van der Waals surface area contributed by atoms with Gasteiger partial charge in [0.15, 0.2) is 22.7 Å². The fourth-order valence-electron chi connectivity index (χ4n) is 6.95. The largest absolute Gasteiger partial charge is 0.416 e. The standard InChI is InChI=1S/C42H18F3N7/c1-47-27-7-5-6-25(17-27)41-39(51-35-16-24(23-46)8-12-31(35)32-13-9-28(48-2)20-36(32)51)18-26(42(43,44)45)19-40(41)52-37-21-29(49-3)10-14-33(37)34-15-11-30(50-4)22-38(34)52/h5-22H. The fraction of sp³-hybridized carbons (Fsp3) is 0.0238. The van der Waals surface area contributed by atoms with Crippen LogP contribution in [0.1, 0.15) is 11.1 Å². The topological polar surface area (TPSA) is 51.1 Å². The van der Waals surface area contributed by atoms with Gasteiger partial charge < -0.3 is 9.13 Å². The van der Waals surface area contributed by atoms with Gasteiger partial charge in [-0.15, -0.1) is 0 Å². The maximum atomic E-state index is 15.2. The minimum atomic E-state index is -4.83. The van der Waals surface area contributed by atoms with Crippen molar-refractivity contribution in [2.75, 3.05) is 0 Å². The molecule has 0 atom stereocenters. The van der Waals surface area contributed by atoms with Crippen LogP contribution in [0.25, 0.3) is 85.5 Å². The highest BCUT2D eigenvalue weighted by molar-refractivity contribution is 6.13. The molecule has 8 rings (SSSR count). The van der Waals surface area contributed by atoms with Crippen molar-refractivity contribution >= 4 is 66.4 Å². The molecule has 0 fully saturated rings. The molecule has 8 aromatic rings. The van der Waals surface area contributed by atoms with Crippen LogP contribution < -0.4 is 0 Å². The zero-order valence-corrected chi connectivity index (χ0v) is 26.7. The zero-order valence-electron chi connectivity index (χ0n) is 26.7. The number of benzene rings is 6. The molecule has 0 saturated carbocycles. The van der Waals surface area contributed by atoms with E-state index in [1.807, 2.05) is 0 Å². The van der Waals surface area contributed by atoms with Crippen LogP contribution >= 0.6 is 0 Å². The summed E-state index contributed by atoms with van der Waals surface area (Å²) in [4.78, 5) is 14.4. The Kier molecular flexibility index (Phi) is 7.04. The van der Waals surface area contributed by atoms with E-state index in [4.69, 9.17) is 26.3 Å². The van der Waals surface area contributed by atoms with E-state index in [9.17, 15) is 5.26 Å². The van der Waals surface area contributed by atoms with Gasteiger partial charge in [0.2, 0.25) is 0 Å². The Bertz CT molecular complexity index is 2760. The number of nitriles is 1. The SMILES string of the molecule is [C-]#[N+]c1cccc(-c2c(-n3c4cc(C#N)ccc4c4ccc([N+]#[C-])cc43)cc(C(F)(F)F)cc2-n2c3cc([N+]#[C-])ccc3c3ccc([N+]#[C-])cc32)c1. The number of rotatable bonds is 3. The lowest BCUT2D eigenvalue weighted by atomic mass is 9.97. The Balaban J connectivity index is 1.67. The second-order valence-electron chi connectivity index (χ2n) is 12.0. The van der Waals surface area contributed by atoms with Crippen molar-refractivity contribution < 1.29 is 13.2 Å². The number of nitrogens with zero attached hydrogens (tertiary/aromatic N) is 7. The minimum absolute atomic E-state index is 0.0850. The van der Waals surface area contributed by atoms with Crippen LogP contribution in [0.5, 0.6) is 0 Å². The molecule has 10 heteroatoms. The van der Waals surface area contributed by atoms with Gasteiger partial charge in [0.25, 0.3) is 0 Å². The smallest absolute Gasteiger partial charge is 0.311 e. The molecule has 7 nitrogen and oxygen atoms in total. The number of aromatic nitrogens is 2. The number of hydrogen-bond donors (Lipinski definition) is 0. The second kappa shape index (κ2) is 11.6. The van der Waals surface area contributed by atoms with Gasteiger partial charge in [-0.2, -0.15) is 18.4 Å². The summed E-state index contributed by atoms with van der Waals surface area (Å²) < 4.78 is 48.9.